The van der Waals surface area contributed by atoms with Crippen molar-refractivity contribution in [1.29, 1.82) is 0 Å². The molecule has 9 heteroatoms. The summed E-state index contributed by atoms with van der Waals surface area (Å²) in [6.07, 6.45) is 4.69. The highest BCUT2D eigenvalue weighted by atomic mass is 16.6. The van der Waals surface area contributed by atoms with E-state index in [1.54, 1.807) is 23.0 Å². The van der Waals surface area contributed by atoms with Crippen molar-refractivity contribution in [2.75, 3.05) is 5.32 Å². The van der Waals surface area contributed by atoms with Gasteiger partial charge in [0.1, 0.15) is 11.6 Å². The Morgan fingerprint density at radius 2 is 2.04 bits per heavy atom. The van der Waals surface area contributed by atoms with Crippen LogP contribution in [0.1, 0.15) is 0 Å². The first-order valence-corrected chi connectivity index (χ1v) is 6.61. The lowest BCUT2D eigenvalue weighted by Crippen LogP contribution is -1.96. The van der Waals surface area contributed by atoms with Crippen LogP contribution >= 0.6 is 0 Å². The average Bonchev–Trinajstić information content (AvgIpc) is 2.93. The zero-order valence-corrected chi connectivity index (χ0v) is 12.1. The van der Waals surface area contributed by atoms with Crippen LogP contribution in [0, 0.1) is 10.1 Å². The molecule has 3 rings (SSSR count). The van der Waals surface area contributed by atoms with Crippen LogP contribution < -0.4 is 10.1 Å². The number of aryl methyl sites for hydroxylation is 1. The van der Waals surface area contributed by atoms with Crippen molar-refractivity contribution in [3.63, 3.8) is 0 Å². The van der Waals surface area contributed by atoms with Crippen LogP contribution in [-0.2, 0) is 7.05 Å². The predicted molar refractivity (Wildman–Crippen MR) is 81.7 cm³/mol. The van der Waals surface area contributed by atoms with E-state index in [2.05, 4.69) is 20.4 Å². The summed E-state index contributed by atoms with van der Waals surface area (Å²) in [5.74, 6) is 1.91. The van der Waals surface area contributed by atoms with Crippen molar-refractivity contribution in [1.82, 2.24) is 19.7 Å². The smallest absolute Gasteiger partial charge is 0.363 e. The van der Waals surface area contributed by atoms with Gasteiger partial charge < -0.3 is 20.2 Å². The minimum atomic E-state index is -0.564. The molecule has 3 aromatic rings. The number of hydrogen-bond acceptors (Lipinski definition) is 7. The number of nitrogens with one attached hydrogen (secondary N) is 1. The molecule has 0 aliphatic rings. The SMILES string of the molecule is Cn1ccc(Nc2cc(Oc3ccc([N+](=O)[O-])nc3)ccn2)n1. The second-order valence-electron chi connectivity index (χ2n) is 4.59. The molecule has 0 spiro atoms. The van der Waals surface area contributed by atoms with E-state index in [0.717, 1.165) is 0 Å². The molecule has 0 unspecified atom stereocenters. The molecule has 0 fully saturated rings. The van der Waals surface area contributed by atoms with E-state index in [0.29, 0.717) is 23.1 Å². The van der Waals surface area contributed by atoms with Crippen LogP contribution in [0.5, 0.6) is 11.5 Å². The van der Waals surface area contributed by atoms with Gasteiger partial charge in [0, 0.05) is 37.6 Å². The van der Waals surface area contributed by atoms with Gasteiger partial charge >= 0.3 is 5.82 Å². The second kappa shape index (κ2) is 6.10. The third-order valence-electron chi connectivity index (χ3n) is 2.84. The third kappa shape index (κ3) is 3.59. The maximum atomic E-state index is 10.6. The lowest BCUT2D eigenvalue weighted by atomic mass is 10.4. The largest absolute Gasteiger partial charge is 0.453 e. The Morgan fingerprint density at radius 1 is 1.17 bits per heavy atom. The van der Waals surface area contributed by atoms with Gasteiger partial charge in [-0.25, -0.2) is 4.98 Å². The highest BCUT2D eigenvalue weighted by Gasteiger charge is 2.08. The first-order valence-electron chi connectivity index (χ1n) is 6.61. The summed E-state index contributed by atoms with van der Waals surface area (Å²) in [5, 5.41) is 17.8. The molecule has 0 radical (unpaired) electrons. The van der Waals surface area contributed by atoms with E-state index in [1.165, 1.54) is 18.3 Å². The summed E-state index contributed by atoms with van der Waals surface area (Å²) in [5.41, 5.74) is 0. The van der Waals surface area contributed by atoms with Crippen molar-refractivity contribution in [2.24, 2.45) is 7.05 Å². The quantitative estimate of drug-likeness (QED) is 0.570. The summed E-state index contributed by atoms with van der Waals surface area (Å²) in [6.45, 7) is 0. The molecule has 1 N–H and O–H groups in total. The van der Waals surface area contributed by atoms with Gasteiger partial charge in [-0.2, -0.15) is 5.10 Å². The predicted octanol–water partition coefficient (Wildman–Crippen LogP) is 2.65. The number of pyridine rings is 2. The van der Waals surface area contributed by atoms with Gasteiger partial charge in [-0.05, 0) is 22.0 Å². The van der Waals surface area contributed by atoms with Gasteiger partial charge in [0.15, 0.2) is 17.8 Å². The Kier molecular flexibility index (Phi) is 3.83. The fraction of sp³-hybridized carbons (Fsp3) is 0.0714. The molecule has 3 aromatic heterocycles. The van der Waals surface area contributed by atoms with Crippen LogP contribution in [0.25, 0.3) is 0 Å². The fourth-order valence-electron chi connectivity index (χ4n) is 1.83. The van der Waals surface area contributed by atoms with Gasteiger partial charge in [-0.15, -0.1) is 0 Å². The number of rotatable bonds is 5. The van der Waals surface area contributed by atoms with Crippen LogP contribution in [0.4, 0.5) is 17.5 Å². The van der Waals surface area contributed by atoms with E-state index in [4.69, 9.17) is 4.74 Å². The first-order chi connectivity index (χ1) is 11.1. The Hall–Kier alpha value is -3.49. The standard InChI is InChI=1S/C14H12N6O3/c1-19-7-5-12(18-19)17-13-8-10(4-6-15-13)23-11-2-3-14(16-9-11)20(21)22/h2-9H,1H3,(H,15,17,18). The van der Waals surface area contributed by atoms with Gasteiger partial charge in [-0.1, -0.05) is 0 Å². The summed E-state index contributed by atoms with van der Waals surface area (Å²) in [6, 6.07) is 7.94. The molecule has 0 bridgehead atoms. The van der Waals surface area contributed by atoms with Gasteiger partial charge in [0.05, 0.1) is 0 Å². The minimum absolute atomic E-state index is 0.232. The number of nitro groups is 1. The molecule has 0 aliphatic carbocycles. The number of ether oxygens (including phenoxy) is 1. The fourth-order valence-corrected chi connectivity index (χ4v) is 1.83. The Labute approximate surface area is 130 Å². The van der Waals surface area contributed by atoms with Gasteiger partial charge in [0.2, 0.25) is 0 Å². The van der Waals surface area contributed by atoms with E-state index < -0.39 is 4.92 Å². The number of anilines is 2. The number of aromatic nitrogens is 4. The van der Waals surface area contributed by atoms with E-state index in [9.17, 15) is 10.1 Å². The lowest BCUT2D eigenvalue weighted by Gasteiger charge is -2.06. The monoisotopic (exact) mass is 312 g/mol. The lowest BCUT2D eigenvalue weighted by molar-refractivity contribution is -0.389. The maximum Gasteiger partial charge on any atom is 0.363 e. The topological polar surface area (TPSA) is 108 Å². The van der Waals surface area contributed by atoms with Crippen LogP contribution in [0.3, 0.4) is 0 Å². The zero-order chi connectivity index (χ0) is 16.2. The Bertz CT molecular complexity index is 831. The van der Waals surface area contributed by atoms with Crippen molar-refractivity contribution in [3.8, 4) is 11.5 Å². The normalized spacial score (nSPS) is 10.3. The van der Waals surface area contributed by atoms with Crippen LogP contribution in [0.15, 0.2) is 48.9 Å². The van der Waals surface area contributed by atoms with Crippen molar-refractivity contribution in [2.45, 2.75) is 0 Å². The maximum absolute atomic E-state index is 10.6. The molecule has 0 atom stereocenters. The molecule has 0 aromatic carbocycles. The molecule has 0 aliphatic heterocycles. The molecule has 23 heavy (non-hydrogen) atoms. The summed E-state index contributed by atoms with van der Waals surface area (Å²) in [4.78, 5) is 17.9. The van der Waals surface area contributed by atoms with Crippen LogP contribution in [0.2, 0.25) is 0 Å². The molecule has 0 saturated heterocycles. The van der Waals surface area contributed by atoms with Gasteiger partial charge in [-0.3, -0.25) is 4.68 Å². The Morgan fingerprint density at radius 3 is 2.70 bits per heavy atom. The molecule has 0 saturated carbocycles. The summed E-state index contributed by atoms with van der Waals surface area (Å²) < 4.78 is 7.28. The summed E-state index contributed by atoms with van der Waals surface area (Å²) >= 11 is 0. The highest BCUT2D eigenvalue weighted by Crippen LogP contribution is 2.24. The molecule has 0 amide bonds. The second-order valence-corrected chi connectivity index (χ2v) is 4.59. The average molecular weight is 312 g/mol. The van der Waals surface area contributed by atoms with Crippen molar-refractivity contribution >= 4 is 17.5 Å². The molecule has 9 nitrogen and oxygen atoms in total. The van der Waals surface area contributed by atoms with Crippen LogP contribution in [-0.4, -0.2) is 24.7 Å². The van der Waals surface area contributed by atoms with E-state index in [-0.39, 0.29) is 5.82 Å². The highest BCUT2D eigenvalue weighted by molar-refractivity contribution is 5.53. The van der Waals surface area contributed by atoms with E-state index in [1.807, 2.05) is 19.3 Å². The summed E-state index contributed by atoms with van der Waals surface area (Å²) in [7, 11) is 1.82. The third-order valence-corrected chi connectivity index (χ3v) is 2.84. The molecular weight excluding hydrogens is 300 g/mol. The molecular formula is C14H12N6O3. The number of hydrogen-bond donors (Lipinski definition) is 1. The van der Waals surface area contributed by atoms with Crippen molar-refractivity contribution < 1.29 is 9.66 Å². The minimum Gasteiger partial charge on any atom is -0.453 e. The Balaban J connectivity index is 1.73. The zero-order valence-electron chi connectivity index (χ0n) is 12.1. The number of nitrogens with zero attached hydrogens (tertiary/aromatic N) is 5. The van der Waals surface area contributed by atoms with Crippen molar-refractivity contribution in [3.05, 3.63) is 59.0 Å². The first kappa shape index (κ1) is 14.4. The molecule has 116 valence electrons. The van der Waals surface area contributed by atoms with E-state index >= 15 is 0 Å². The molecule has 3 heterocycles. The van der Waals surface area contributed by atoms with Gasteiger partial charge in [0.25, 0.3) is 0 Å².